The first-order chi connectivity index (χ1) is 21.9. The van der Waals surface area contributed by atoms with Crippen LogP contribution in [0.5, 0.6) is 5.88 Å². The number of morpholine rings is 1. The number of allylic oxidation sites excluding steroid dienone is 1. The van der Waals surface area contributed by atoms with Crippen LogP contribution >= 0.6 is 0 Å². The molecule has 10 nitrogen and oxygen atoms in total. The number of nitrogens with zero attached hydrogens (tertiary/aromatic N) is 5. The smallest absolute Gasteiger partial charge is 0.296 e. The van der Waals surface area contributed by atoms with Gasteiger partial charge in [-0.15, -0.1) is 0 Å². The number of halogens is 2. The molecule has 12 heteroatoms. The van der Waals surface area contributed by atoms with Gasteiger partial charge in [0.15, 0.2) is 5.82 Å². The Bertz CT molecular complexity index is 1230. The van der Waals surface area contributed by atoms with Crippen LogP contribution in [-0.4, -0.2) is 77.5 Å². The Kier molecular flexibility index (Phi) is 14.0. The van der Waals surface area contributed by atoms with Crippen LogP contribution in [0, 0.1) is 12.8 Å². The third kappa shape index (κ3) is 10.5. The maximum Gasteiger partial charge on any atom is 0.296 e. The van der Waals surface area contributed by atoms with E-state index in [0.29, 0.717) is 74.3 Å². The molecule has 3 heterocycles. The number of anilines is 1. The first-order valence-electron chi connectivity index (χ1n) is 16.7. The number of carbonyl (C=O) groups is 1. The lowest BCUT2D eigenvalue weighted by Gasteiger charge is -2.27. The number of rotatable bonds is 18. The van der Waals surface area contributed by atoms with E-state index in [4.69, 9.17) is 9.47 Å². The summed E-state index contributed by atoms with van der Waals surface area (Å²) in [5, 5.41) is 6.65. The summed E-state index contributed by atoms with van der Waals surface area (Å²) in [6, 6.07) is 1.81. The van der Waals surface area contributed by atoms with Crippen molar-refractivity contribution in [2.24, 2.45) is 5.92 Å². The second-order valence-electron chi connectivity index (χ2n) is 12.0. The van der Waals surface area contributed by atoms with Crippen LogP contribution in [0.3, 0.4) is 0 Å². The summed E-state index contributed by atoms with van der Waals surface area (Å²) in [4.78, 5) is 28.0. The molecule has 2 aliphatic rings. The van der Waals surface area contributed by atoms with Gasteiger partial charge in [0.25, 0.3) is 6.43 Å². The fraction of sp³-hybridized carbons (Fsp3) is 0.697. The van der Waals surface area contributed by atoms with Crippen molar-refractivity contribution < 1.29 is 23.0 Å². The van der Waals surface area contributed by atoms with Crippen LogP contribution in [0.1, 0.15) is 102 Å². The minimum Gasteiger partial charge on any atom is -0.477 e. The van der Waals surface area contributed by atoms with Gasteiger partial charge < -0.3 is 25.0 Å². The molecular weight excluding hydrogens is 580 g/mol. The number of hydrogen-bond donors (Lipinski definition) is 2. The summed E-state index contributed by atoms with van der Waals surface area (Å²) < 4.78 is 41.2. The molecule has 0 spiro atoms. The highest BCUT2D eigenvalue weighted by atomic mass is 19.3. The molecule has 2 N–H and O–H groups in total. The highest BCUT2D eigenvalue weighted by Gasteiger charge is 2.27. The summed E-state index contributed by atoms with van der Waals surface area (Å²) in [6.45, 7) is 10.4. The van der Waals surface area contributed by atoms with Gasteiger partial charge in [-0.25, -0.2) is 13.8 Å². The maximum absolute atomic E-state index is 14.1. The Labute approximate surface area is 266 Å². The molecule has 45 heavy (non-hydrogen) atoms. The summed E-state index contributed by atoms with van der Waals surface area (Å²) in [5.41, 5.74) is 1.04. The van der Waals surface area contributed by atoms with Crippen LogP contribution in [-0.2, 0) is 9.53 Å². The lowest BCUT2D eigenvalue weighted by molar-refractivity contribution is -0.121. The van der Waals surface area contributed by atoms with Crippen LogP contribution < -0.4 is 20.3 Å². The normalized spacial score (nSPS) is 18.8. The van der Waals surface area contributed by atoms with E-state index in [1.807, 2.05) is 11.8 Å². The predicted molar refractivity (Wildman–Crippen MR) is 172 cm³/mol. The molecule has 1 saturated carbocycles. The molecule has 0 aromatic carbocycles. The van der Waals surface area contributed by atoms with Crippen molar-refractivity contribution in [2.45, 2.75) is 97.4 Å². The van der Waals surface area contributed by atoms with Crippen molar-refractivity contribution >= 4 is 17.9 Å². The van der Waals surface area contributed by atoms with Gasteiger partial charge in [0.1, 0.15) is 5.82 Å². The molecule has 1 amide bonds. The van der Waals surface area contributed by atoms with E-state index in [2.05, 4.69) is 32.5 Å². The topological polar surface area (TPSA) is 106 Å². The third-order valence-corrected chi connectivity index (χ3v) is 8.54. The Hall–Kier alpha value is -3.12. The third-order valence-electron chi connectivity index (χ3n) is 8.54. The fourth-order valence-electron chi connectivity index (χ4n) is 6.06. The standard InChI is InChI=1S/C33H51F2N7O3/c1-4-6-7-8-15-36-16-9-11-29(43)37-26-13-12-25(22-26)14-19-45-30-23-28(39-33(40-30)41-17-20-44-21-18-41)42-24(3)27(10-5-2)38-32(42)31(34)35/h5,10,23,25-26,31,36H,4,6-9,11-22H2,1-3H3,(H,37,43)/b10-5-/t25?,26-/m0/s1. The molecule has 1 aliphatic carbocycles. The number of imidazole rings is 1. The van der Waals surface area contributed by atoms with Crippen molar-refractivity contribution in [3.8, 4) is 11.7 Å². The number of alkyl halides is 2. The van der Waals surface area contributed by atoms with Gasteiger partial charge in [-0.2, -0.15) is 9.97 Å². The number of hydrogen-bond acceptors (Lipinski definition) is 8. The van der Waals surface area contributed by atoms with E-state index >= 15 is 0 Å². The monoisotopic (exact) mass is 631 g/mol. The number of carbonyl (C=O) groups excluding carboxylic acids is 1. The van der Waals surface area contributed by atoms with E-state index in [0.717, 1.165) is 45.2 Å². The van der Waals surface area contributed by atoms with Gasteiger partial charge in [0.2, 0.25) is 17.7 Å². The maximum atomic E-state index is 14.1. The van der Waals surface area contributed by atoms with Crippen molar-refractivity contribution in [3.63, 3.8) is 0 Å². The molecule has 2 aromatic heterocycles. The highest BCUT2D eigenvalue weighted by molar-refractivity contribution is 5.76. The van der Waals surface area contributed by atoms with Crippen molar-refractivity contribution in [2.75, 3.05) is 50.9 Å². The Morgan fingerprint density at radius 2 is 1.93 bits per heavy atom. The van der Waals surface area contributed by atoms with Gasteiger partial charge in [0.05, 0.1) is 25.5 Å². The van der Waals surface area contributed by atoms with E-state index in [-0.39, 0.29) is 17.8 Å². The van der Waals surface area contributed by atoms with Crippen LogP contribution in [0.15, 0.2) is 12.1 Å². The van der Waals surface area contributed by atoms with Gasteiger partial charge in [-0.3, -0.25) is 9.36 Å². The van der Waals surface area contributed by atoms with E-state index in [1.54, 1.807) is 25.1 Å². The van der Waals surface area contributed by atoms with Gasteiger partial charge in [0, 0.05) is 37.3 Å². The average Bonchev–Trinajstić information content (AvgIpc) is 3.62. The molecule has 2 aromatic rings. The van der Waals surface area contributed by atoms with Crippen molar-refractivity contribution in [1.82, 2.24) is 30.2 Å². The molecular formula is C33H51F2N7O3. The second-order valence-corrected chi connectivity index (χ2v) is 12.0. The number of aromatic nitrogens is 4. The summed E-state index contributed by atoms with van der Waals surface area (Å²) in [6.07, 6.45) is 10.8. The largest absolute Gasteiger partial charge is 0.477 e. The number of unbranched alkanes of at least 4 members (excludes halogenated alkanes) is 3. The average molecular weight is 632 g/mol. The van der Waals surface area contributed by atoms with Gasteiger partial charge in [-0.1, -0.05) is 32.3 Å². The quantitative estimate of drug-likeness (QED) is 0.200. The lowest BCUT2D eigenvalue weighted by Crippen LogP contribution is -2.37. The molecule has 2 atom stereocenters. The highest BCUT2D eigenvalue weighted by Crippen LogP contribution is 2.30. The molecule has 1 aliphatic heterocycles. The SMILES string of the molecule is C/C=C\c1nc(C(F)F)n(-c2cc(OCCC3CC[C@H](NC(=O)CCCNCCCCCC)C3)nc(N3CCOCC3)n2)c1C. The summed E-state index contributed by atoms with van der Waals surface area (Å²) >= 11 is 0. The Morgan fingerprint density at radius 1 is 1.13 bits per heavy atom. The Morgan fingerprint density at radius 3 is 2.69 bits per heavy atom. The van der Waals surface area contributed by atoms with E-state index in [1.165, 1.54) is 30.3 Å². The molecule has 0 radical (unpaired) electrons. The van der Waals surface area contributed by atoms with E-state index in [9.17, 15) is 13.6 Å². The van der Waals surface area contributed by atoms with Crippen LogP contribution in [0.25, 0.3) is 11.9 Å². The molecule has 1 unspecified atom stereocenters. The van der Waals surface area contributed by atoms with Crippen molar-refractivity contribution in [1.29, 1.82) is 0 Å². The fourth-order valence-corrected chi connectivity index (χ4v) is 6.06. The van der Waals surface area contributed by atoms with Crippen LogP contribution in [0.2, 0.25) is 0 Å². The molecule has 2 fully saturated rings. The predicted octanol–water partition coefficient (Wildman–Crippen LogP) is 5.78. The first kappa shape index (κ1) is 34.7. The zero-order valence-corrected chi connectivity index (χ0v) is 27.2. The molecule has 4 rings (SSSR count). The molecule has 250 valence electrons. The number of nitrogens with one attached hydrogen (secondary N) is 2. The Balaban J connectivity index is 1.31. The minimum absolute atomic E-state index is 0.129. The molecule has 0 bridgehead atoms. The van der Waals surface area contributed by atoms with E-state index < -0.39 is 6.43 Å². The second kappa shape index (κ2) is 18.1. The van der Waals surface area contributed by atoms with Gasteiger partial charge >= 0.3 is 0 Å². The lowest BCUT2D eigenvalue weighted by atomic mass is 10.0. The van der Waals surface area contributed by atoms with Gasteiger partial charge in [-0.05, 0) is 77.5 Å². The minimum atomic E-state index is -2.78. The number of amides is 1. The summed E-state index contributed by atoms with van der Waals surface area (Å²) in [5.74, 6) is 1.25. The number of ether oxygens (including phenoxy) is 2. The van der Waals surface area contributed by atoms with Crippen molar-refractivity contribution in [3.05, 3.63) is 29.4 Å². The zero-order chi connectivity index (χ0) is 32.0. The molecule has 1 saturated heterocycles. The van der Waals surface area contributed by atoms with Crippen LogP contribution in [0.4, 0.5) is 14.7 Å². The zero-order valence-electron chi connectivity index (χ0n) is 27.2. The summed E-state index contributed by atoms with van der Waals surface area (Å²) in [7, 11) is 0. The first-order valence-corrected chi connectivity index (χ1v) is 16.7.